The first-order valence-electron chi connectivity index (χ1n) is 8.20. The summed E-state index contributed by atoms with van der Waals surface area (Å²) in [5.41, 5.74) is 0.793. The number of aliphatic hydroxyl groups is 1. The Morgan fingerprint density at radius 2 is 1.92 bits per heavy atom. The maximum absolute atomic E-state index is 13.3. The number of aliphatic hydroxyl groups excluding tert-OH is 1. The number of hydrogen-bond acceptors (Lipinski definition) is 4. The quantitative estimate of drug-likeness (QED) is 0.670. The van der Waals surface area contributed by atoms with Crippen LogP contribution in [0.3, 0.4) is 0 Å². The summed E-state index contributed by atoms with van der Waals surface area (Å²) in [5, 5.41) is 11.1. The van der Waals surface area contributed by atoms with Gasteiger partial charge in [-0.05, 0) is 36.2 Å². The van der Waals surface area contributed by atoms with Crippen LogP contribution in [0.4, 0.5) is 0 Å². The second-order valence-corrected chi connectivity index (χ2v) is 8.24. The predicted octanol–water partition coefficient (Wildman–Crippen LogP) is 3.46. The van der Waals surface area contributed by atoms with E-state index in [-0.39, 0.29) is 24.6 Å². The Labute approximate surface area is 157 Å². The lowest BCUT2D eigenvalue weighted by Crippen LogP contribution is -2.32. The van der Waals surface area contributed by atoms with E-state index >= 15 is 0 Å². The normalized spacial score (nSPS) is 12.0. The molecule has 0 saturated carbocycles. The topological polar surface area (TPSA) is 70.5 Å². The Kier molecular flexibility index (Phi) is 5.88. The first kappa shape index (κ1) is 18.8. The Hall–Kier alpha value is -1.99. The van der Waals surface area contributed by atoms with Crippen LogP contribution in [0.5, 0.6) is 0 Å². The van der Waals surface area contributed by atoms with Gasteiger partial charge in [-0.3, -0.25) is 4.98 Å². The molecule has 7 heteroatoms. The third kappa shape index (κ3) is 4.04. The first-order valence-corrected chi connectivity index (χ1v) is 10.0. The number of benzene rings is 2. The highest BCUT2D eigenvalue weighted by Gasteiger charge is 2.26. The van der Waals surface area contributed by atoms with Crippen LogP contribution in [-0.2, 0) is 16.6 Å². The van der Waals surface area contributed by atoms with Gasteiger partial charge >= 0.3 is 0 Å². The Bertz CT molecular complexity index is 1000. The van der Waals surface area contributed by atoms with Gasteiger partial charge in [0.2, 0.25) is 10.0 Å². The number of nitrogens with zero attached hydrogens (tertiary/aromatic N) is 2. The van der Waals surface area contributed by atoms with E-state index in [9.17, 15) is 13.5 Å². The molecule has 0 aliphatic rings. The minimum atomic E-state index is -3.76. The molecule has 1 aromatic heterocycles. The highest BCUT2D eigenvalue weighted by Crippen LogP contribution is 2.26. The number of halogens is 1. The fourth-order valence-corrected chi connectivity index (χ4v) is 4.72. The van der Waals surface area contributed by atoms with Crippen molar-refractivity contribution < 1.29 is 13.5 Å². The van der Waals surface area contributed by atoms with Gasteiger partial charge in [0, 0.05) is 47.9 Å². The van der Waals surface area contributed by atoms with Crippen LogP contribution in [0, 0.1) is 0 Å². The molecule has 3 aromatic rings. The van der Waals surface area contributed by atoms with Crippen LogP contribution in [0.1, 0.15) is 12.0 Å². The average molecular weight is 391 g/mol. The Balaban J connectivity index is 2.03. The maximum atomic E-state index is 13.3. The number of aromatic nitrogens is 1. The lowest BCUT2D eigenvalue weighted by molar-refractivity contribution is 0.267. The van der Waals surface area contributed by atoms with E-state index in [1.165, 1.54) is 4.31 Å². The van der Waals surface area contributed by atoms with Crippen molar-refractivity contribution in [2.75, 3.05) is 13.2 Å². The molecule has 1 heterocycles. The minimum Gasteiger partial charge on any atom is -0.396 e. The van der Waals surface area contributed by atoms with Gasteiger partial charge in [0.25, 0.3) is 0 Å². The fraction of sp³-hybridized carbons (Fsp3) is 0.211. The molecule has 0 bridgehead atoms. The van der Waals surface area contributed by atoms with E-state index in [0.29, 0.717) is 16.8 Å². The molecule has 0 radical (unpaired) electrons. The summed E-state index contributed by atoms with van der Waals surface area (Å²) < 4.78 is 28.0. The molecule has 3 rings (SSSR count). The van der Waals surface area contributed by atoms with Crippen molar-refractivity contribution in [1.29, 1.82) is 0 Å². The molecular formula is C19H19ClN2O3S. The van der Waals surface area contributed by atoms with Gasteiger partial charge in [0.05, 0.1) is 4.90 Å². The van der Waals surface area contributed by atoms with Crippen LogP contribution < -0.4 is 0 Å². The van der Waals surface area contributed by atoms with E-state index in [0.717, 1.165) is 10.9 Å². The fourth-order valence-electron chi connectivity index (χ4n) is 2.83. The van der Waals surface area contributed by atoms with Gasteiger partial charge < -0.3 is 5.11 Å². The molecule has 0 fully saturated rings. The molecule has 0 saturated heterocycles. The number of hydrogen-bond donors (Lipinski definition) is 1. The van der Waals surface area contributed by atoms with E-state index in [2.05, 4.69) is 4.98 Å². The highest BCUT2D eigenvalue weighted by molar-refractivity contribution is 7.89. The summed E-state index contributed by atoms with van der Waals surface area (Å²) in [6, 6.07) is 14.0. The van der Waals surface area contributed by atoms with E-state index in [4.69, 9.17) is 11.6 Å². The van der Waals surface area contributed by atoms with Crippen molar-refractivity contribution >= 4 is 32.4 Å². The zero-order valence-corrected chi connectivity index (χ0v) is 15.6. The van der Waals surface area contributed by atoms with Crippen molar-refractivity contribution in [3.63, 3.8) is 0 Å². The number of sulfonamides is 1. The van der Waals surface area contributed by atoms with Gasteiger partial charge in [-0.1, -0.05) is 35.9 Å². The second-order valence-electron chi connectivity index (χ2n) is 5.90. The van der Waals surface area contributed by atoms with Crippen LogP contribution in [0.15, 0.2) is 65.8 Å². The summed E-state index contributed by atoms with van der Waals surface area (Å²) in [5.74, 6) is 0. The average Bonchev–Trinajstić information content (AvgIpc) is 2.64. The van der Waals surface area contributed by atoms with Gasteiger partial charge in [-0.25, -0.2) is 8.42 Å². The molecule has 0 amide bonds. The van der Waals surface area contributed by atoms with E-state index in [1.54, 1.807) is 48.8 Å². The second kappa shape index (κ2) is 8.14. The summed E-state index contributed by atoms with van der Waals surface area (Å²) in [6.07, 6.45) is 3.58. The van der Waals surface area contributed by atoms with Crippen molar-refractivity contribution in [1.82, 2.24) is 9.29 Å². The van der Waals surface area contributed by atoms with Gasteiger partial charge in [0.1, 0.15) is 0 Å². The molecule has 0 atom stereocenters. The predicted molar refractivity (Wildman–Crippen MR) is 102 cm³/mol. The third-order valence-corrected chi connectivity index (χ3v) is 6.21. The zero-order chi connectivity index (χ0) is 18.6. The highest BCUT2D eigenvalue weighted by atomic mass is 35.5. The van der Waals surface area contributed by atoms with Gasteiger partial charge in [-0.2, -0.15) is 4.31 Å². The molecular weight excluding hydrogens is 372 g/mol. The van der Waals surface area contributed by atoms with Crippen molar-refractivity contribution in [3.05, 3.63) is 71.5 Å². The summed E-state index contributed by atoms with van der Waals surface area (Å²) in [4.78, 5) is 4.29. The summed E-state index contributed by atoms with van der Waals surface area (Å²) in [6.45, 7) is 0.318. The minimum absolute atomic E-state index is 0.0823. The third-order valence-electron chi connectivity index (χ3n) is 4.07. The lowest BCUT2D eigenvalue weighted by Gasteiger charge is -2.23. The maximum Gasteiger partial charge on any atom is 0.243 e. The number of pyridine rings is 1. The van der Waals surface area contributed by atoms with Crippen LogP contribution >= 0.6 is 11.6 Å². The molecule has 0 aliphatic heterocycles. The summed E-state index contributed by atoms with van der Waals surface area (Å²) >= 11 is 6.03. The number of rotatable bonds is 7. The van der Waals surface area contributed by atoms with E-state index < -0.39 is 10.0 Å². The Morgan fingerprint density at radius 3 is 2.69 bits per heavy atom. The standard InChI is InChI=1S/C19H19ClN2O3S/c20-17-6-1-4-15(12-17)14-22(10-3-11-23)26(24,25)19-7-2-5-16-13-21-9-8-18(16)19/h1-2,4-9,12-13,23H,3,10-11,14H2. The van der Waals surface area contributed by atoms with E-state index in [1.807, 2.05) is 12.1 Å². The SMILES string of the molecule is O=S(=O)(c1cccc2cnccc12)N(CCCO)Cc1cccc(Cl)c1. The molecule has 26 heavy (non-hydrogen) atoms. The Morgan fingerprint density at radius 1 is 1.12 bits per heavy atom. The van der Waals surface area contributed by atoms with Gasteiger partial charge in [-0.15, -0.1) is 0 Å². The van der Waals surface area contributed by atoms with Crippen LogP contribution in [0.25, 0.3) is 10.8 Å². The van der Waals surface area contributed by atoms with Crippen LogP contribution in [0.2, 0.25) is 5.02 Å². The zero-order valence-electron chi connectivity index (χ0n) is 14.0. The van der Waals surface area contributed by atoms with Crippen LogP contribution in [-0.4, -0.2) is 36.0 Å². The lowest BCUT2D eigenvalue weighted by atomic mass is 10.2. The van der Waals surface area contributed by atoms with Crippen molar-refractivity contribution in [2.45, 2.75) is 17.9 Å². The molecule has 0 spiro atoms. The van der Waals surface area contributed by atoms with Crippen molar-refractivity contribution in [2.24, 2.45) is 0 Å². The molecule has 0 unspecified atom stereocenters. The number of fused-ring (bicyclic) bond motifs is 1. The summed E-state index contributed by atoms with van der Waals surface area (Å²) in [7, 11) is -3.76. The molecule has 1 N–H and O–H groups in total. The molecule has 2 aromatic carbocycles. The molecule has 0 aliphatic carbocycles. The smallest absolute Gasteiger partial charge is 0.243 e. The largest absolute Gasteiger partial charge is 0.396 e. The van der Waals surface area contributed by atoms with Crippen molar-refractivity contribution in [3.8, 4) is 0 Å². The monoisotopic (exact) mass is 390 g/mol. The first-order chi connectivity index (χ1) is 12.5. The molecule has 5 nitrogen and oxygen atoms in total. The van der Waals surface area contributed by atoms with Gasteiger partial charge in [0.15, 0.2) is 0 Å². The molecule has 136 valence electrons.